The fraction of sp³-hybridized carbons (Fsp3) is 0.429. The zero-order valence-electron chi connectivity index (χ0n) is 14.5. The topological polar surface area (TPSA) is 24.1 Å². The minimum Gasteiger partial charge on any atom is -0.314 e. The van der Waals surface area contributed by atoms with Crippen LogP contribution in [0, 0.1) is 0 Å². The molecule has 2 rings (SSSR count). The van der Waals surface area contributed by atoms with Gasteiger partial charge in [0.2, 0.25) is 0 Å². The Morgan fingerprint density at radius 2 is 1.04 bits per heavy atom. The van der Waals surface area contributed by atoms with E-state index in [0.717, 1.165) is 32.4 Å². The SMILES string of the molecule is CC(Cc1ccccc1)NCCCNC(C)Cc1ccccc1. The molecule has 0 saturated carbocycles. The van der Waals surface area contributed by atoms with Gasteiger partial charge in [-0.15, -0.1) is 0 Å². The highest BCUT2D eigenvalue weighted by molar-refractivity contribution is 5.16. The van der Waals surface area contributed by atoms with Gasteiger partial charge in [-0.25, -0.2) is 0 Å². The van der Waals surface area contributed by atoms with E-state index in [1.54, 1.807) is 0 Å². The highest BCUT2D eigenvalue weighted by Crippen LogP contribution is 2.03. The van der Waals surface area contributed by atoms with Crippen LogP contribution < -0.4 is 10.6 Å². The summed E-state index contributed by atoms with van der Waals surface area (Å²) in [4.78, 5) is 0. The molecule has 0 heterocycles. The Labute approximate surface area is 141 Å². The van der Waals surface area contributed by atoms with Crippen LogP contribution in [0.25, 0.3) is 0 Å². The van der Waals surface area contributed by atoms with Crippen LogP contribution in [0.15, 0.2) is 60.7 Å². The van der Waals surface area contributed by atoms with Gasteiger partial charge in [0.25, 0.3) is 0 Å². The maximum atomic E-state index is 3.61. The lowest BCUT2D eigenvalue weighted by Gasteiger charge is -2.16. The summed E-state index contributed by atoms with van der Waals surface area (Å²) in [6.45, 7) is 6.66. The van der Waals surface area contributed by atoms with Crippen molar-refractivity contribution in [1.29, 1.82) is 0 Å². The molecule has 0 spiro atoms. The van der Waals surface area contributed by atoms with Gasteiger partial charge in [0.05, 0.1) is 0 Å². The first-order valence-electron chi connectivity index (χ1n) is 8.78. The van der Waals surface area contributed by atoms with E-state index in [0.29, 0.717) is 12.1 Å². The molecule has 2 heteroatoms. The van der Waals surface area contributed by atoms with E-state index >= 15 is 0 Å². The molecule has 0 aliphatic heterocycles. The lowest BCUT2D eigenvalue weighted by Crippen LogP contribution is -2.33. The third-order valence-corrected chi connectivity index (χ3v) is 4.11. The molecule has 0 aliphatic rings. The minimum absolute atomic E-state index is 0.527. The molecule has 2 unspecified atom stereocenters. The molecule has 2 aromatic carbocycles. The summed E-state index contributed by atoms with van der Waals surface area (Å²) in [5.74, 6) is 0. The Morgan fingerprint density at radius 3 is 1.43 bits per heavy atom. The second-order valence-corrected chi connectivity index (χ2v) is 6.44. The molecule has 0 amide bonds. The van der Waals surface area contributed by atoms with Crippen molar-refractivity contribution in [1.82, 2.24) is 10.6 Å². The fourth-order valence-corrected chi connectivity index (χ4v) is 2.86. The van der Waals surface area contributed by atoms with Crippen LogP contribution in [0.5, 0.6) is 0 Å². The summed E-state index contributed by atoms with van der Waals surface area (Å²) in [5, 5.41) is 7.23. The van der Waals surface area contributed by atoms with Gasteiger partial charge in [0, 0.05) is 12.1 Å². The first kappa shape index (κ1) is 17.7. The van der Waals surface area contributed by atoms with Crippen LogP contribution in [0.2, 0.25) is 0 Å². The number of rotatable bonds is 10. The van der Waals surface area contributed by atoms with E-state index in [2.05, 4.69) is 85.1 Å². The van der Waals surface area contributed by atoms with E-state index < -0.39 is 0 Å². The summed E-state index contributed by atoms with van der Waals surface area (Å²) in [6, 6.07) is 22.4. The van der Waals surface area contributed by atoms with Gasteiger partial charge in [0.1, 0.15) is 0 Å². The Bertz CT molecular complexity index is 475. The van der Waals surface area contributed by atoms with Crippen molar-refractivity contribution in [2.24, 2.45) is 0 Å². The van der Waals surface area contributed by atoms with Crippen molar-refractivity contribution in [3.05, 3.63) is 71.8 Å². The molecule has 0 radical (unpaired) electrons. The van der Waals surface area contributed by atoms with Crippen LogP contribution in [-0.2, 0) is 12.8 Å². The lowest BCUT2D eigenvalue weighted by atomic mass is 10.1. The summed E-state index contributed by atoms with van der Waals surface area (Å²) >= 11 is 0. The average Bonchev–Trinajstić information content (AvgIpc) is 2.56. The molecular weight excluding hydrogens is 280 g/mol. The second kappa shape index (κ2) is 10.2. The van der Waals surface area contributed by atoms with Crippen LogP contribution in [0.1, 0.15) is 31.4 Å². The first-order valence-corrected chi connectivity index (χ1v) is 8.78. The zero-order valence-corrected chi connectivity index (χ0v) is 14.5. The minimum atomic E-state index is 0.527. The fourth-order valence-electron chi connectivity index (χ4n) is 2.86. The zero-order chi connectivity index (χ0) is 16.3. The van der Waals surface area contributed by atoms with Crippen molar-refractivity contribution in [3.63, 3.8) is 0 Å². The van der Waals surface area contributed by atoms with Crippen molar-refractivity contribution >= 4 is 0 Å². The van der Waals surface area contributed by atoms with Crippen LogP contribution in [0.3, 0.4) is 0 Å². The predicted molar refractivity (Wildman–Crippen MR) is 99.8 cm³/mol. The Balaban J connectivity index is 1.53. The summed E-state index contributed by atoms with van der Waals surface area (Å²) in [7, 11) is 0. The molecule has 0 aromatic heterocycles. The third kappa shape index (κ3) is 7.45. The van der Waals surface area contributed by atoms with Gasteiger partial charge in [-0.05, 0) is 57.3 Å². The quantitative estimate of drug-likeness (QED) is 0.652. The summed E-state index contributed by atoms with van der Waals surface area (Å²) in [5.41, 5.74) is 2.81. The monoisotopic (exact) mass is 310 g/mol. The van der Waals surface area contributed by atoms with E-state index in [4.69, 9.17) is 0 Å². The highest BCUT2D eigenvalue weighted by atomic mass is 14.9. The first-order chi connectivity index (χ1) is 11.2. The molecule has 2 aromatic rings. The Morgan fingerprint density at radius 1 is 0.652 bits per heavy atom. The normalized spacial score (nSPS) is 13.7. The molecular formula is C21H30N2. The lowest BCUT2D eigenvalue weighted by molar-refractivity contribution is 0.492. The van der Waals surface area contributed by atoms with E-state index in [1.165, 1.54) is 11.1 Å². The molecule has 2 nitrogen and oxygen atoms in total. The maximum absolute atomic E-state index is 3.61. The number of hydrogen-bond donors (Lipinski definition) is 2. The second-order valence-electron chi connectivity index (χ2n) is 6.44. The number of nitrogens with one attached hydrogen (secondary N) is 2. The maximum Gasteiger partial charge on any atom is 0.00791 e. The predicted octanol–water partition coefficient (Wildman–Crippen LogP) is 3.82. The van der Waals surface area contributed by atoms with Gasteiger partial charge in [-0.2, -0.15) is 0 Å². The van der Waals surface area contributed by atoms with Crippen molar-refractivity contribution in [3.8, 4) is 0 Å². The van der Waals surface area contributed by atoms with Gasteiger partial charge < -0.3 is 10.6 Å². The summed E-state index contributed by atoms with van der Waals surface area (Å²) < 4.78 is 0. The van der Waals surface area contributed by atoms with Crippen LogP contribution in [-0.4, -0.2) is 25.2 Å². The van der Waals surface area contributed by atoms with Crippen LogP contribution in [0.4, 0.5) is 0 Å². The van der Waals surface area contributed by atoms with Crippen molar-refractivity contribution in [2.75, 3.05) is 13.1 Å². The van der Waals surface area contributed by atoms with Gasteiger partial charge in [-0.3, -0.25) is 0 Å². The highest BCUT2D eigenvalue weighted by Gasteiger charge is 2.04. The molecule has 2 atom stereocenters. The summed E-state index contributed by atoms with van der Waals surface area (Å²) in [6.07, 6.45) is 3.36. The third-order valence-electron chi connectivity index (χ3n) is 4.11. The molecule has 0 fully saturated rings. The molecule has 124 valence electrons. The van der Waals surface area contributed by atoms with Gasteiger partial charge >= 0.3 is 0 Å². The Kier molecular flexibility index (Phi) is 7.85. The average molecular weight is 310 g/mol. The standard InChI is InChI=1S/C21H30N2/c1-18(16-20-10-5-3-6-11-20)22-14-9-15-23-19(2)17-21-12-7-4-8-13-21/h3-8,10-13,18-19,22-23H,9,14-17H2,1-2H3. The van der Waals surface area contributed by atoms with Gasteiger partial charge in [-0.1, -0.05) is 60.7 Å². The molecule has 0 saturated heterocycles. The van der Waals surface area contributed by atoms with E-state index in [9.17, 15) is 0 Å². The van der Waals surface area contributed by atoms with Gasteiger partial charge in [0.15, 0.2) is 0 Å². The Hall–Kier alpha value is -1.64. The van der Waals surface area contributed by atoms with Crippen molar-refractivity contribution in [2.45, 2.75) is 45.2 Å². The van der Waals surface area contributed by atoms with Crippen molar-refractivity contribution < 1.29 is 0 Å². The molecule has 0 aliphatic carbocycles. The smallest absolute Gasteiger partial charge is 0.00791 e. The van der Waals surface area contributed by atoms with E-state index in [1.807, 2.05) is 0 Å². The largest absolute Gasteiger partial charge is 0.314 e. The van der Waals surface area contributed by atoms with Crippen LogP contribution >= 0.6 is 0 Å². The van der Waals surface area contributed by atoms with E-state index in [-0.39, 0.29) is 0 Å². The molecule has 0 bridgehead atoms. The molecule has 2 N–H and O–H groups in total. The molecule has 23 heavy (non-hydrogen) atoms. The number of hydrogen-bond acceptors (Lipinski definition) is 2. The number of benzene rings is 2.